The molecule has 2 aliphatic heterocycles. The van der Waals surface area contributed by atoms with Crippen molar-refractivity contribution in [1.82, 2.24) is 10.3 Å². The zero-order valence-electron chi connectivity index (χ0n) is 13.2. The molecule has 1 unspecified atom stereocenters. The molecule has 2 N–H and O–H groups in total. The summed E-state index contributed by atoms with van der Waals surface area (Å²) in [5.74, 6) is -5.43. The van der Waals surface area contributed by atoms with Crippen molar-refractivity contribution >= 4 is 11.9 Å². The first-order valence-corrected chi connectivity index (χ1v) is 7.44. The third kappa shape index (κ3) is 2.71. The van der Waals surface area contributed by atoms with Gasteiger partial charge in [0.05, 0.1) is 34.7 Å². The van der Waals surface area contributed by atoms with E-state index >= 15 is 0 Å². The molecule has 3 heterocycles. The molecule has 26 heavy (non-hydrogen) atoms. The molecule has 0 fully saturated rings. The highest BCUT2D eigenvalue weighted by Crippen LogP contribution is 2.44. The number of nitrogens with one attached hydrogen (secondary N) is 1. The van der Waals surface area contributed by atoms with Crippen molar-refractivity contribution in [1.29, 1.82) is 0 Å². The molecule has 0 bridgehead atoms. The van der Waals surface area contributed by atoms with Gasteiger partial charge in [0, 0.05) is 11.8 Å². The number of nitrogens with zero attached hydrogens (tertiary/aromatic N) is 1. The SMILES string of the molecule is CC(F)c1c(F)cncc1[C@H]1C2=C(COC2=O)NC(C(F)F)=C1C(=O)O. The first kappa shape index (κ1) is 17.9. The van der Waals surface area contributed by atoms with Crippen molar-refractivity contribution in [3.05, 3.63) is 51.9 Å². The number of esters is 1. The van der Waals surface area contributed by atoms with E-state index in [9.17, 15) is 32.3 Å². The Morgan fingerprint density at radius 2 is 2.08 bits per heavy atom. The van der Waals surface area contributed by atoms with Gasteiger partial charge in [-0.25, -0.2) is 27.2 Å². The second kappa shape index (κ2) is 6.43. The van der Waals surface area contributed by atoms with Crippen LogP contribution in [0.2, 0.25) is 0 Å². The lowest BCUT2D eigenvalue weighted by atomic mass is 9.79. The molecule has 0 saturated carbocycles. The van der Waals surface area contributed by atoms with Gasteiger partial charge in [-0.3, -0.25) is 4.98 Å². The summed E-state index contributed by atoms with van der Waals surface area (Å²) in [5.41, 5.74) is -3.05. The minimum Gasteiger partial charge on any atom is -0.478 e. The lowest BCUT2D eigenvalue weighted by molar-refractivity contribution is -0.136. The molecule has 1 aromatic rings. The monoisotopic (exact) mass is 372 g/mol. The normalized spacial score (nSPS) is 20.8. The minimum atomic E-state index is -3.22. The number of hydrogen-bond donors (Lipinski definition) is 2. The van der Waals surface area contributed by atoms with E-state index in [0.717, 1.165) is 19.3 Å². The number of rotatable bonds is 4. The summed E-state index contributed by atoms with van der Waals surface area (Å²) in [4.78, 5) is 27.3. The van der Waals surface area contributed by atoms with Crippen LogP contribution < -0.4 is 5.32 Å². The van der Waals surface area contributed by atoms with Crippen molar-refractivity contribution in [2.75, 3.05) is 6.61 Å². The molecule has 2 aliphatic rings. The predicted molar refractivity (Wildman–Crippen MR) is 78.2 cm³/mol. The third-order valence-corrected chi connectivity index (χ3v) is 4.17. The van der Waals surface area contributed by atoms with Gasteiger partial charge in [-0.15, -0.1) is 0 Å². The molecule has 0 aromatic carbocycles. The number of ether oxygens (including phenoxy) is 1. The van der Waals surface area contributed by atoms with Crippen LogP contribution in [-0.4, -0.2) is 35.1 Å². The predicted octanol–water partition coefficient (Wildman–Crippen LogP) is 2.35. The fourth-order valence-corrected chi connectivity index (χ4v) is 3.17. The van der Waals surface area contributed by atoms with E-state index in [1.807, 2.05) is 0 Å². The number of dihydropyridines is 1. The summed E-state index contributed by atoms with van der Waals surface area (Å²) in [5, 5.41) is 11.7. The van der Waals surface area contributed by atoms with Crippen molar-refractivity contribution in [3.63, 3.8) is 0 Å². The third-order valence-electron chi connectivity index (χ3n) is 4.17. The van der Waals surface area contributed by atoms with E-state index in [0.29, 0.717) is 0 Å². The molecule has 1 aromatic heterocycles. The molecular weight excluding hydrogens is 360 g/mol. The van der Waals surface area contributed by atoms with Crippen LogP contribution in [0.3, 0.4) is 0 Å². The van der Waals surface area contributed by atoms with Crippen molar-refractivity contribution < 1.29 is 37.0 Å². The molecule has 0 spiro atoms. The Labute approximate surface area is 144 Å². The molecule has 10 heteroatoms. The van der Waals surface area contributed by atoms with E-state index in [4.69, 9.17) is 4.74 Å². The van der Waals surface area contributed by atoms with Gasteiger partial charge in [0.2, 0.25) is 0 Å². The van der Waals surface area contributed by atoms with E-state index in [2.05, 4.69) is 10.3 Å². The number of halogens is 4. The molecule has 6 nitrogen and oxygen atoms in total. The maximum Gasteiger partial charge on any atom is 0.337 e. The number of aliphatic carboxylic acids is 1. The average molecular weight is 372 g/mol. The summed E-state index contributed by atoms with van der Waals surface area (Å²) in [6.45, 7) is 0.625. The highest BCUT2D eigenvalue weighted by molar-refractivity contribution is 6.00. The Kier molecular flexibility index (Phi) is 4.43. The Bertz CT molecular complexity index is 864. The van der Waals surface area contributed by atoms with Gasteiger partial charge in [-0.05, 0) is 12.5 Å². The van der Waals surface area contributed by atoms with Crippen LogP contribution in [0.1, 0.15) is 30.1 Å². The number of pyridine rings is 1. The maximum absolute atomic E-state index is 14.1. The van der Waals surface area contributed by atoms with E-state index in [1.165, 1.54) is 0 Å². The standard InChI is InChI=1S/C16H12F4N2O4/c1-5(17)9-6(2-21-3-7(9)18)10-11-8(4-26-16(11)25)22-13(14(19)20)12(10)15(23)24/h2-3,5,10,14,22H,4H2,1H3,(H,23,24)/t5?,10-/m0/s1. The zero-order valence-corrected chi connectivity index (χ0v) is 13.2. The van der Waals surface area contributed by atoms with Crippen LogP contribution in [-0.2, 0) is 14.3 Å². The lowest BCUT2D eigenvalue weighted by Gasteiger charge is -2.29. The number of carboxylic acids is 1. The van der Waals surface area contributed by atoms with Crippen LogP contribution in [0.5, 0.6) is 0 Å². The van der Waals surface area contributed by atoms with Gasteiger partial charge in [-0.2, -0.15) is 0 Å². The Hall–Kier alpha value is -2.91. The summed E-state index contributed by atoms with van der Waals surface area (Å²) >= 11 is 0. The molecule has 3 rings (SSSR count). The number of cyclic esters (lactones) is 1. The minimum absolute atomic E-state index is 0.0676. The van der Waals surface area contributed by atoms with Gasteiger partial charge < -0.3 is 15.2 Å². The summed E-state index contributed by atoms with van der Waals surface area (Å²) < 4.78 is 59.8. The van der Waals surface area contributed by atoms with Crippen LogP contribution in [0.4, 0.5) is 17.6 Å². The van der Waals surface area contributed by atoms with Gasteiger partial charge in [0.1, 0.15) is 18.6 Å². The molecule has 0 amide bonds. The zero-order chi connectivity index (χ0) is 19.2. The molecule has 2 atom stereocenters. The van der Waals surface area contributed by atoms with E-state index < -0.39 is 53.1 Å². The van der Waals surface area contributed by atoms with E-state index in [-0.39, 0.29) is 23.4 Å². The van der Waals surface area contributed by atoms with Crippen LogP contribution in [0, 0.1) is 5.82 Å². The number of alkyl halides is 3. The highest BCUT2D eigenvalue weighted by atomic mass is 19.3. The largest absolute Gasteiger partial charge is 0.478 e. The smallest absolute Gasteiger partial charge is 0.337 e. The van der Waals surface area contributed by atoms with Gasteiger partial charge in [0.15, 0.2) is 0 Å². The Morgan fingerprint density at radius 3 is 2.65 bits per heavy atom. The molecule has 0 radical (unpaired) electrons. The first-order chi connectivity index (χ1) is 12.2. The van der Waals surface area contributed by atoms with E-state index in [1.54, 1.807) is 0 Å². The number of aromatic nitrogens is 1. The fraction of sp³-hybridized carbons (Fsp3) is 0.312. The highest BCUT2D eigenvalue weighted by Gasteiger charge is 2.45. The first-order valence-electron chi connectivity index (χ1n) is 7.44. The lowest BCUT2D eigenvalue weighted by Crippen LogP contribution is -2.33. The second-order valence-electron chi connectivity index (χ2n) is 5.70. The van der Waals surface area contributed by atoms with Crippen LogP contribution in [0.15, 0.2) is 34.9 Å². The Balaban J connectivity index is 2.33. The average Bonchev–Trinajstić information content (AvgIpc) is 2.93. The number of carboxylic acid groups (broad SMARTS) is 1. The van der Waals surface area contributed by atoms with Crippen LogP contribution in [0.25, 0.3) is 0 Å². The van der Waals surface area contributed by atoms with Gasteiger partial charge >= 0.3 is 11.9 Å². The summed E-state index contributed by atoms with van der Waals surface area (Å²) in [6, 6.07) is 0. The quantitative estimate of drug-likeness (QED) is 0.623. The number of hydrogen-bond acceptors (Lipinski definition) is 5. The fourth-order valence-electron chi connectivity index (χ4n) is 3.17. The molecule has 138 valence electrons. The topological polar surface area (TPSA) is 88.5 Å². The van der Waals surface area contributed by atoms with Crippen molar-refractivity contribution in [2.24, 2.45) is 0 Å². The van der Waals surface area contributed by atoms with Gasteiger partial charge in [-0.1, -0.05) is 0 Å². The van der Waals surface area contributed by atoms with Crippen LogP contribution >= 0.6 is 0 Å². The van der Waals surface area contributed by atoms with Gasteiger partial charge in [0.25, 0.3) is 6.43 Å². The van der Waals surface area contributed by atoms with Crippen molar-refractivity contribution in [2.45, 2.75) is 25.4 Å². The Morgan fingerprint density at radius 1 is 1.38 bits per heavy atom. The molecular formula is C16H12F4N2O4. The number of carbonyl (C=O) groups excluding carboxylic acids is 1. The molecule has 0 aliphatic carbocycles. The number of carbonyl (C=O) groups is 2. The maximum atomic E-state index is 14.1. The summed E-state index contributed by atoms with van der Waals surface area (Å²) in [6.07, 6.45) is -3.43. The number of allylic oxidation sites excluding steroid dienone is 1. The van der Waals surface area contributed by atoms with Crippen molar-refractivity contribution in [3.8, 4) is 0 Å². The molecule has 0 saturated heterocycles. The second-order valence-corrected chi connectivity index (χ2v) is 5.70. The summed E-state index contributed by atoms with van der Waals surface area (Å²) in [7, 11) is 0.